The van der Waals surface area contributed by atoms with Crippen molar-refractivity contribution in [3.63, 3.8) is 0 Å². The average molecular weight is 344 g/mol. The molecule has 1 fully saturated rings. The molecule has 0 N–H and O–H groups in total. The lowest BCUT2D eigenvalue weighted by Gasteiger charge is -2.32. The Morgan fingerprint density at radius 1 is 1.32 bits per heavy atom. The highest BCUT2D eigenvalue weighted by Gasteiger charge is 2.35. The molecule has 1 heterocycles. The predicted octanol–water partition coefficient (Wildman–Crippen LogP) is 3.76. The number of benzene rings is 1. The molecule has 0 radical (unpaired) electrons. The van der Waals surface area contributed by atoms with Gasteiger partial charge < -0.3 is 9.64 Å². The van der Waals surface area contributed by atoms with Crippen LogP contribution >= 0.6 is 0 Å². The molecule has 1 aromatic carbocycles. The minimum absolute atomic E-state index is 0.160. The van der Waals surface area contributed by atoms with Crippen molar-refractivity contribution < 1.29 is 14.3 Å². The van der Waals surface area contributed by atoms with Crippen molar-refractivity contribution in [3.8, 4) is 0 Å². The monoisotopic (exact) mass is 344 g/mol. The molecule has 2 unspecified atom stereocenters. The maximum atomic E-state index is 12.9. The van der Waals surface area contributed by atoms with Gasteiger partial charge in [0.05, 0.1) is 6.04 Å². The molecule has 1 saturated heterocycles. The van der Waals surface area contributed by atoms with Crippen LogP contribution in [0.25, 0.3) is 10.4 Å². The lowest BCUT2D eigenvalue weighted by atomic mass is 10.0. The molecule has 25 heavy (non-hydrogen) atoms. The van der Waals surface area contributed by atoms with Crippen LogP contribution in [-0.4, -0.2) is 35.0 Å². The molecule has 0 bridgehead atoms. The van der Waals surface area contributed by atoms with E-state index in [9.17, 15) is 9.59 Å². The Balaban J connectivity index is 2.31. The summed E-state index contributed by atoms with van der Waals surface area (Å²) in [5.41, 5.74) is 9.06. The molecule has 0 spiro atoms. The average Bonchev–Trinajstić information content (AvgIpc) is 2.68. The van der Waals surface area contributed by atoms with Gasteiger partial charge in [-0.1, -0.05) is 41.9 Å². The van der Waals surface area contributed by atoms with Crippen LogP contribution in [0.4, 0.5) is 0 Å². The van der Waals surface area contributed by atoms with Crippen molar-refractivity contribution in [2.75, 3.05) is 6.54 Å². The standard InChI is InChI=1S/C18H24N4O3/c1-18(2,3)25-16(23)12-22-15(13-8-5-4-6-9-13)11-7-10-14(17(22)24)20-21-19/h4-6,8-9,14-15H,7,10-12H2,1-3H3. The van der Waals surface area contributed by atoms with Gasteiger partial charge in [0, 0.05) is 4.91 Å². The number of esters is 1. The summed E-state index contributed by atoms with van der Waals surface area (Å²) in [5, 5.41) is 3.62. The third-order valence-electron chi connectivity index (χ3n) is 3.99. The van der Waals surface area contributed by atoms with E-state index in [-0.39, 0.29) is 18.5 Å². The van der Waals surface area contributed by atoms with Crippen LogP contribution in [0.5, 0.6) is 0 Å². The lowest BCUT2D eigenvalue weighted by molar-refractivity contribution is -0.160. The summed E-state index contributed by atoms with van der Waals surface area (Å²) in [5.74, 6) is -0.793. The van der Waals surface area contributed by atoms with Gasteiger partial charge in [-0.3, -0.25) is 9.59 Å². The summed E-state index contributed by atoms with van der Waals surface area (Å²) in [6.45, 7) is 5.19. The summed E-state index contributed by atoms with van der Waals surface area (Å²) < 4.78 is 5.37. The largest absolute Gasteiger partial charge is 0.459 e. The Morgan fingerprint density at radius 3 is 2.60 bits per heavy atom. The van der Waals surface area contributed by atoms with Crippen molar-refractivity contribution in [2.45, 2.75) is 57.7 Å². The van der Waals surface area contributed by atoms with Crippen molar-refractivity contribution >= 4 is 11.9 Å². The van der Waals surface area contributed by atoms with Gasteiger partial charge in [-0.15, -0.1) is 0 Å². The molecular weight excluding hydrogens is 320 g/mol. The first-order chi connectivity index (χ1) is 11.8. The van der Waals surface area contributed by atoms with Crippen LogP contribution in [0.15, 0.2) is 35.4 Å². The van der Waals surface area contributed by atoms with Crippen molar-refractivity contribution in [2.24, 2.45) is 5.11 Å². The van der Waals surface area contributed by atoms with Crippen LogP contribution in [-0.2, 0) is 14.3 Å². The second-order valence-electron chi connectivity index (χ2n) is 7.13. The number of carbonyl (C=O) groups excluding carboxylic acids is 2. The zero-order chi connectivity index (χ0) is 18.4. The number of azide groups is 1. The summed E-state index contributed by atoms with van der Waals surface area (Å²) in [4.78, 5) is 29.5. The summed E-state index contributed by atoms with van der Waals surface area (Å²) in [6.07, 6.45) is 1.92. The first-order valence-corrected chi connectivity index (χ1v) is 8.43. The van der Waals surface area contributed by atoms with Crippen molar-refractivity contribution in [3.05, 3.63) is 46.3 Å². The second-order valence-corrected chi connectivity index (χ2v) is 7.13. The zero-order valence-electron chi connectivity index (χ0n) is 14.9. The van der Waals surface area contributed by atoms with Gasteiger partial charge >= 0.3 is 5.97 Å². The number of amides is 1. The Kier molecular flexibility index (Phi) is 6.04. The molecule has 1 aliphatic rings. The van der Waals surface area contributed by atoms with E-state index in [0.29, 0.717) is 12.8 Å². The van der Waals surface area contributed by atoms with E-state index in [1.54, 1.807) is 20.8 Å². The van der Waals surface area contributed by atoms with Crippen LogP contribution in [0, 0.1) is 0 Å². The first-order valence-electron chi connectivity index (χ1n) is 8.43. The predicted molar refractivity (Wildman–Crippen MR) is 93.5 cm³/mol. The molecular formula is C18H24N4O3. The first kappa shape index (κ1) is 18.8. The molecule has 7 nitrogen and oxygen atoms in total. The van der Waals surface area contributed by atoms with E-state index < -0.39 is 17.6 Å². The van der Waals surface area contributed by atoms with Crippen LogP contribution < -0.4 is 0 Å². The fraction of sp³-hybridized carbons (Fsp3) is 0.556. The lowest BCUT2D eigenvalue weighted by Crippen LogP contribution is -2.43. The van der Waals surface area contributed by atoms with Crippen LogP contribution in [0.3, 0.4) is 0 Å². The molecule has 0 aliphatic carbocycles. The minimum atomic E-state index is -0.777. The molecule has 0 saturated carbocycles. The SMILES string of the molecule is CC(C)(C)OC(=O)CN1C(=O)C(N=[N+]=[N-])CCCC1c1ccccc1. The number of hydrogen-bond donors (Lipinski definition) is 0. The summed E-state index contributed by atoms with van der Waals surface area (Å²) >= 11 is 0. The highest BCUT2D eigenvalue weighted by Crippen LogP contribution is 2.31. The maximum Gasteiger partial charge on any atom is 0.326 e. The third kappa shape index (κ3) is 5.22. The Labute approximate surface area is 147 Å². The molecule has 2 rings (SSSR count). The summed E-state index contributed by atoms with van der Waals surface area (Å²) in [7, 11) is 0. The highest BCUT2D eigenvalue weighted by atomic mass is 16.6. The van der Waals surface area contributed by atoms with Gasteiger partial charge in [-0.05, 0) is 44.7 Å². The Morgan fingerprint density at radius 2 is 2.00 bits per heavy atom. The molecule has 134 valence electrons. The number of nitrogens with zero attached hydrogens (tertiary/aromatic N) is 4. The van der Waals surface area contributed by atoms with Gasteiger partial charge in [-0.2, -0.15) is 0 Å². The smallest absolute Gasteiger partial charge is 0.326 e. The summed E-state index contributed by atoms with van der Waals surface area (Å²) in [6, 6.07) is 8.58. The minimum Gasteiger partial charge on any atom is -0.459 e. The van der Waals surface area contributed by atoms with Crippen LogP contribution in [0.2, 0.25) is 0 Å². The topological polar surface area (TPSA) is 95.4 Å². The van der Waals surface area contributed by atoms with E-state index in [2.05, 4.69) is 10.0 Å². The number of carbonyl (C=O) groups is 2. The zero-order valence-corrected chi connectivity index (χ0v) is 14.9. The number of likely N-dealkylation sites (tertiary alicyclic amines) is 1. The normalized spacial score (nSPS) is 21.2. The van der Waals surface area contributed by atoms with E-state index in [4.69, 9.17) is 10.3 Å². The number of hydrogen-bond acceptors (Lipinski definition) is 4. The van der Waals surface area contributed by atoms with Gasteiger partial charge in [0.2, 0.25) is 5.91 Å². The van der Waals surface area contributed by atoms with Crippen molar-refractivity contribution in [1.29, 1.82) is 0 Å². The maximum absolute atomic E-state index is 12.9. The number of ether oxygens (including phenoxy) is 1. The molecule has 1 aromatic rings. The van der Waals surface area contributed by atoms with Gasteiger partial charge in [0.1, 0.15) is 18.2 Å². The van der Waals surface area contributed by atoms with E-state index >= 15 is 0 Å². The molecule has 7 heteroatoms. The number of rotatable bonds is 4. The molecule has 2 atom stereocenters. The van der Waals surface area contributed by atoms with E-state index in [0.717, 1.165) is 12.0 Å². The fourth-order valence-electron chi connectivity index (χ4n) is 3.02. The second kappa shape index (κ2) is 8.03. The van der Waals surface area contributed by atoms with Gasteiger partial charge in [0.25, 0.3) is 0 Å². The molecule has 1 amide bonds. The third-order valence-corrected chi connectivity index (χ3v) is 3.99. The Hall–Kier alpha value is -2.53. The highest BCUT2D eigenvalue weighted by molar-refractivity contribution is 5.86. The fourth-order valence-corrected chi connectivity index (χ4v) is 3.02. The quantitative estimate of drug-likeness (QED) is 0.360. The molecule has 0 aromatic heterocycles. The van der Waals surface area contributed by atoms with E-state index in [1.165, 1.54) is 4.90 Å². The Bertz CT molecular complexity index is 663. The van der Waals surface area contributed by atoms with Crippen molar-refractivity contribution in [1.82, 2.24) is 4.90 Å². The van der Waals surface area contributed by atoms with Gasteiger partial charge in [-0.25, -0.2) is 0 Å². The van der Waals surface area contributed by atoms with Gasteiger partial charge in [0.15, 0.2) is 0 Å². The van der Waals surface area contributed by atoms with Crippen LogP contribution in [0.1, 0.15) is 51.6 Å². The van der Waals surface area contributed by atoms with E-state index in [1.807, 2.05) is 30.3 Å². The molecule has 1 aliphatic heterocycles.